The van der Waals surface area contributed by atoms with Gasteiger partial charge in [-0.1, -0.05) is 30.3 Å². The molecule has 0 N–H and O–H groups in total. The van der Waals surface area contributed by atoms with Crippen molar-refractivity contribution in [2.75, 3.05) is 26.2 Å². The molecule has 2 nitrogen and oxygen atoms in total. The Balaban J connectivity index is 1.47. The van der Waals surface area contributed by atoms with Crippen LogP contribution in [0.5, 0.6) is 0 Å². The van der Waals surface area contributed by atoms with E-state index in [9.17, 15) is 0 Å². The predicted octanol–water partition coefficient (Wildman–Crippen LogP) is 2.79. The minimum atomic E-state index is 0.741. The first-order valence-electron chi connectivity index (χ1n) is 7.85. The number of benzene rings is 1. The highest BCUT2D eigenvalue weighted by Gasteiger charge is 2.33. The lowest BCUT2D eigenvalue weighted by atomic mass is 10.1. The van der Waals surface area contributed by atoms with Gasteiger partial charge in [-0.05, 0) is 51.3 Å². The van der Waals surface area contributed by atoms with Crippen molar-refractivity contribution in [2.45, 2.75) is 44.7 Å². The summed E-state index contributed by atoms with van der Waals surface area (Å²) in [4.78, 5) is 5.42. The predicted molar refractivity (Wildman–Crippen MR) is 80.4 cm³/mol. The second-order valence-corrected chi connectivity index (χ2v) is 6.22. The van der Waals surface area contributed by atoms with Crippen LogP contribution in [-0.4, -0.2) is 48.1 Å². The molecule has 3 rings (SSSR count). The number of rotatable bonds is 4. The number of aryl methyl sites for hydroxylation is 1. The fourth-order valence-electron chi connectivity index (χ4n) is 3.69. The zero-order valence-corrected chi connectivity index (χ0v) is 12.1. The van der Waals surface area contributed by atoms with Crippen LogP contribution in [0.15, 0.2) is 30.3 Å². The summed E-state index contributed by atoms with van der Waals surface area (Å²) in [6.07, 6.45) is 5.34. The van der Waals surface area contributed by atoms with Gasteiger partial charge in [0.25, 0.3) is 0 Å². The SMILES string of the molecule is C[C@H]1CN2CCC[C@@H]2CN1CCCc1ccccc1. The van der Waals surface area contributed by atoms with Crippen LogP contribution < -0.4 is 0 Å². The lowest BCUT2D eigenvalue weighted by molar-refractivity contribution is 0.0589. The molecule has 104 valence electrons. The molecule has 0 aromatic heterocycles. The molecule has 19 heavy (non-hydrogen) atoms. The molecule has 0 spiro atoms. The van der Waals surface area contributed by atoms with E-state index in [1.165, 1.54) is 57.4 Å². The van der Waals surface area contributed by atoms with Gasteiger partial charge in [-0.3, -0.25) is 9.80 Å². The van der Waals surface area contributed by atoms with E-state index >= 15 is 0 Å². The third kappa shape index (κ3) is 3.18. The van der Waals surface area contributed by atoms with Crippen molar-refractivity contribution in [1.82, 2.24) is 9.80 Å². The summed E-state index contributed by atoms with van der Waals surface area (Å²) < 4.78 is 0. The van der Waals surface area contributed by atoms with E-state index < -0.39 is 0 Å². The molecule has 0 bridgehead atoms. The summed E-state index contributed by atoms with van der Waals surface area (Å²) in [5, 5.41) is 0. The van der Waals surface area contributed by atoms with Gasteiger partial charge in [-0.25, -0.2) is 0 Å². The van der Waals surface area contributed by atoms with Crippen molar-refractivity contribution in [2.24, 2.45) is 0 Å². The van der Waals surface area contributed by atoms with Gasteiger partial charge in [0.15, 0.2) is 0 Å². The molecule has 2 heteroatoms. The van der Waals surface area contributed by atoms with E-state index in [4.69, 9.17) is 0 Å². The summed E-state index contributed by atoms with van der Waals surface area (Å²) in [5.41, 5.74) is 1.48. The van der Waals surface area contributed by atoms with E-state index in [1.807, 2.05) is 0 Å². The molecule has 1 aromatic carbocycles. The molecule has 2 aliphatic heterocycles. The average Bonchev–Trinajstić information content (AvgIpc) is 2.87. The normalized spacial score (nSPS) is 28.5. The van der Waals surface area contributed by atoms with Gasteiger partial charge in [0.05, 0.1) is 0 Å². The van der Waals surface area contributed by atoms with Gasteiger partial charge in [0.2, 0.25) is 0 Å². The molecule has 0 amide bonds. The third-order valence-corrected chi connectivity index (χ3v) is 4.82. The van der Waals surface area contributed by atoms with Crippen LogP contribution in [0, 0.1) is 0 Å². The highest BCUT2D eigenvalue weighted by atomic mass is 15.3. The molecule has 2 aliphatic rings. The third-order valence-electron chi connectivity index (χ3n) is 4.82. The Labute approximate surface area is 117 Å². The molecule has 0 radical (unpaired) electrons. The van der Waals surface area contributed by atoms with Gasteiger partial charge in [0, 0.05) is 25.2 Å². The topological polar surface area (TPSA) is 6.48 Å². The monoisotopic (exact) mass is 258 g/mol. The van der Waals surface area contributed by atoms with Crippen LogP contribution in [-0.2, 0) is 6.42 Å². The van der Waals surface area contributed by atoms with Crippen molar-refractivity contribution in [1.29, 1.82) is 0 Å². The minimum Gasteiger partial charge on any atom is -0.298 e. The molecule has 2 saturated heterocycles. The smallest absolute Gasteiger partial charge is 0.0224 e. The van der Waals surface area contributed by atoms with Gasteiger partial charge < -0.3 is 0 Å². The number of hydrogen-bond donors (Lipinski definition) is 0. The maximum absolute atomic E-state index is 2.72. The fourth-order valence-corrected chi connectivity index (χ4v) is 3.69. The van der Waals surface area contributed by atoms with Crippen LogP contribution in [0.3, 0.4) is 0 Å². The standard InChI is InChI=1S/C17H26N2/c1-15-13-19-12-6-10-17(19)14-18(15)11-5-9-16-7-3-2-4-8-16/h2-4,7-8,15,17H,5-6,9-14H2,1H3/t15-,17+/m0/s1. The lowest BCUT2D eigenvalue weighted by Gasteiger charge is -2.42. The second kappa shape index (κ2) is 6.06. The molecule has 0 aliphatic carbocycles. The average molecular weight is 258 g/mol. The Morgan fingerprint density at radius 2 is 2.00 bits per heavy atom. The Hall–Kier alpha value is -0.860. The summed E-state index contributed by atoms with van der Waals surface area (Å²) >= 11 is 0. The minimum absolute atomic E-state index is 0.741. The van der Waals surface area contributed by atoms with Gasteiger partial charge in [-0.2, -0.15) is 0 Å². The molecule has 2 fully saturated rings. The van der Waals surface area contributed by atoms with E-state index in [2.05, 4.69) is 47.1 Å². The van der Waals surface area contributed by atoms with E-state index in [0.717, 1.165) is 12.1 Å². The largest absolute Gasteiger partial charge is 0.298 e. The van der Waals surface area contributed by atoms with Gasteiger partial charge in [-0.15, -0.1) is 0 Å². The highest BCUT2D eigenvalue weighted by molar-refractivity contribution is 5.14. The Morgan fingerprint density at radius 3 is 2.84 bits per heavy atom. The fraction of sp³-hybridized carbons (Fsp3) is 0.647. The Morgan fingerprint density at radius 1 is 1.16 bits per heavy atom. The van der Waals surface area contributed by atoms with Crippen molar-refractivity contribution in [3.63, 3.8) is 0 Å². The molecule has 1 aromatic rings. The summed E-state index contributed by atoms with van der Waals surface area (Å²) in [5.74, 6) is 0. The maximum Gasteiger partial charge on any atom is 0.0224 e. The van der Waals surface area contributed by atoms with Crippen molar-refractivity contribution >= 4 is 0 Å². The lowest BCUT2D eigenvalue weighted by Crippen LogP contribution is -2.55. The van der Waals surface area contributed by atoms with Gasteiger partial charge in [0.1, 0.15) is 0 Å². The van der Waals surface area contributed by atoms with Crippen LogP contribution in [0.4, 0.5) is 0 Å². The molecular weight excluding hydrogens is 232 g/mol. The molecule has 2 heterocycles. The molecule has 0 saturated carbocycles. The van der Waals surface area contributed by atoms with Gasteiger partial charge >= 0.3 is 0 Å². The first-order chi connectivity index (χ1) is 9.33. The number of hydrogen-bond acceptors (Lipinski definition) is 2. The number of piperazine rings is 1. The highest BCUT2D eigenvalue weighted by Crippen LogP contribution is 2.24. The summed E-state index contributed by atoms with van der Waals surface area (Å²) in [7, 11) is 0. The zero-order chi connectivity index (χ0) is 13.1. The maximum atomic E-state index is 2.72. The van der Waals surface area contributed by atoms with Crippen molar-refractivity contribution in [3.05, 3.63) is 35.9 Å². The first kappa shape index (κ1) is 13.1. The zero-order valence-electron chi connectivity index (χ0n) is 12.1. The Kier molecular flexibility index (Phi) is 4.19. The van der Waals surface area contributed by atoms with E-state index in [0.29, 0.717) is 0 Å². The van der Waals surface area contributed by atoms with Crippen LogP contribution in [0.25, 0.3) is 0 Å². The number of fused-ring (bicyclic) bond motifs is 1. The number of nitrogens with zero attached hydrogens (tertiary/aromatic N) is 2. The summed E-state index contributed by atoms with van der Waals surface area (Å²) in [6, 6.07) is 12.5. The summed E-state index contributed by atoms with van der Waals surface area (Å²) in [6.45, 7) is 7.59. The van der Waals surface area contributed by atoms with Crippen LogP contribution in [0.2, 0.25) is 0 Å². The van der Waals surface area contributed by atoms with Crippen molar-refractivity contribution in [3.8, 4) is 0 Å². The van der Waals surface area contributed by atoms with Crippen LogP contribution in [0.1, 0.15) is 31.7 Å². The first-order valence-corrected chi connectivity index (χ1v) is 7.85. The Bertz CT molecular complexity index is 390. The van der Waals surface area contributed by atoms with E-state index in [-0.39, 0.29) is 0 Å². The molecule has 0 unspecified atom stereocenters. The molecular formula is C17H26N2. The van der Waals surface area contributed by atoms with Crippen LogP contribution >= 0.6 is 0 Å². The van der Waals surface area contributed by atoms with E-state index in [1.54, 1.807) is 0 Å². The van der Waals surface area contributed by atoms with Crippen molar-refractivity contribution < 1.29 is 0 Å². The molecule has 2 atom stereocenters. The second-order valence-electron chi connectivity index (χ2n) is 6.22. The quantitative estimate of drug-likeness (QED) is 0.819.